The smallest absolute Gasteiger partial charge is 0.272 e. The fourth-order valence-corrected chi connectivity index (χ4v) is 2.39. The van der Waals surface area contributed by atoms with Gasteiger partial charge in [-0.3, -0.25) is 4.79 Å². The van der Waals surface area contributed by atoms with Gasteiger partial charge < -0.3 is 9.88 Å². The van der Waals surface area contributed by atoms with Gasteiger partial charge in [-0.1, -0.05) is 6.92 Å². The fraction of sp³-hybridized carbons (Fsp3) is 0.214. The topological polar surface area (TPSA) is 34.0 Å². The minimum Gasteiger partial charge on any atom is -0.342 e. The monoisotopic (exact) mass is 360 g/mol. The van der Waals surface area contributed by atoms with Gasteiger partial charge >= 0.3 is 0 Å². The summed E-state index contributed by atoms with van der Waals surface area (Å²) >= 11 is 3.25. The van der Waals surface area contributed by atoms with Crippen LogP contribution >= 0.6 is 15.9 Å². The van der Waals surface area contributed by atoms with Gasteiger partial charge in [0.25, 0.3) is 5.91 Å². The van der Waals surface area contributed by atoms with E-state index in [4.69, 9.17) is 0 Å². The van der Waals surface area contributed by atoms with E-state index in [1.807, 2.05) is 6.92 Å². The SMILES string of the molecule is CCCn1cc(Br)cc1C(=O)Nc1c(F)cc(F)cc1F. The molecule has 0 saturated carbocycles. The molecule has 0 bridgehead atoms. The maximum Gasteiger partial charge on any atom is 0.272 e. The molecule has 0 radical (unpaired) electrons. The molecule has 0 aliphatic rings. The molecule has 1 amide bonds. The Bertz CT molecular complexity index is 662. The number of carbonyl (C=O) groups is 1. The van der Waals surface area contributed by atoms with E-state index in [-0.39, 0.29) is 5.69 Å². The maximum absolute atomic E-state index is 13.5. The predicted molar refractivity (Wildman–Crippen MR) is 76.7 cm³/mol. The molecule has 7 heteroatoms. The van der Waals surface area contributed by atoms with Crippen LogP contribution in [0.3, 0.4) is 0 Å². The van der Waals surface area contributed by atoms with Gasteiger partial charge in [0.1, 0.15) is 17.2 Å². The third kappa shape index (κ3) is 3.47. The number of carbonyl (C=O) groups excluding carboxylic acids is 1. The average molecular weight is 361 g/mol. The molecule has 112 valence electrons. The van der Waals surface area contributed by atoms with Crippen molar-refractivity contribution in [3.05, 3.63) is 52.0 Å². The van der Waals surface area contributed by atoms with Crippen molar-refractivity contribution >= 4 is 27.5 Å². The number of amides is 1. The summed E-state index contributed by atoms with van der Waals surface area (Å²) in [4.78, 5) is 12.1. The number of hydrogen-bond donors (Lipinski definition) is 1. The number of hydrogen-bond acceptors (Lipinski definition) is 1. The van der Waals surface area contributed by atoms with Crippen LogP contribution < -0.4 is 5.32 Å². The van der Waals surface area contributed by atoms with Crippen LogP contribution in [0.1, 0.15) is 23.8 Å². The minimum atomic E-state index is -1.16. The summed E-state index contributed by atoms with van der Waals surface area (Å²) in [6.45, 7) is 2.53. The van der Waals surface area contributed by atoms with E-state index in [1.54, 1.807) is 16.8 Å². The molecule has 0 atom stereocenters. The third-order valence-electron chi connectivity index (χ3n) is 2.81. The van der Waals surface area contributed by atoms with Gasteiger partial charge in [0.15, 0.2) is 11.6 Å². The van der Waals surface area contributed by atoms with Gasteiger partial charge in [0.05, 0.1) is 0 Å². The molecule has 0 spiro atoms. The Hall–Kier alpha value is -1.76. The Morgan fingerprint density at radius 2 is 1.86 bits per heavy atom. The molecule has 0 saturated heterocycles. The molecule has 3 nitrogen and oxygen atoms in total. The van der Waals surface area contributed by atoms with Gasteiger partial charge in [-0.2, -0.15) is 0 Å². The van der Waals surface area contributed by atoms with Crippen LogP contribution in [0, 0.1) is 17.5 Å². The zero-order valence-corrected chi connectivity index (χ0v) is 12.7. The molecule has 1 aromatic carbocycles. The standard InChI is InChI=1S/C14H12BrF3N2O/c1-2-3-20-7-8(15)4-12(20)14(21)19-13-10(17)5-9(16)6-11(13)18/h4-7H,2-3H2,1H3,(H,19,21). The lowest BCUT2D eigenvalue weighted by Gasteiger charge is -2.10. The number of nitrogens with one attached hydrogen (secondary N) is 1. The van der Waals surface area contributed by atoms with Crippen molar-refractivity contribution in [3.63, 3.8) is 0 Å². The highest BCUT2D eigenvalue weighted by atomic mass is 79.9. The molecule has 2 aromatic rings. The number of aryl methyl sites for hydroxylation is 1. The van der Waals surface area contributed by atoms with Crippen LogP contribution in [0.25, 0.3) is 0 Å². The number of anilines is 1. The zero-order chi connectivity index (χ0) is 15.6. The Morgan fingerprint density at radius 1 is 1.24 bits per heavy atom. The second kappa shape index (κ2) is 6.34. The molecule has 21 heavy (non-hydrogen) atoms. The lowest BCUT2D eigenvalue weighted by molar-refractivity contribution is 0.101. The quantitative estimate of drug-likeness (QED) is 0.864. The fourth-order valence-electron chi connectivity index (χ4n) is 1.93. The summed E-state index contributed by atoms with van der Waals surface area (Å²) in [6, 6.07) is 2.57. The van der Waals surface area contributed by atoms with Gasteiger partial charge in [0, 0.05) is 29.3 Å². The van der Waals surface area contributed by atoms with E-state index in [1.165, 1.54) is 0 Å². The number of halogens is 4. The Morgan fingerprint density at radius 3 is 2.43 bits per heavy atom. The highest BCUT2D eigenvalue weighted by molar-refractivity contribution is 9.10. The predicted octanol–water partition coefficient (Wildman–Crippen LogP) is 4.33. The summed E-state index contributed by atoms with van der Waals surface area (Å²) in [5, 5.41) is 2.14. The average Bonchev–Trinajstić information content (AvgIpc) is 2.75. The lowest BCUT2D eigenvalue weighted by atomic mass is 10.2. The van der Waals surface area contributed by atoms with E-state index in [9.17, 15) is 18.0 Å². The zero-order valence-electron chi connectivity index (χ0n) is 11.1. The van der Waals surface area contributed by atoms with E-state index in [0.717, 1.165) is 6.42 Å². The molecular formula is C14H12BrF3N2O. The largest absolute Gasteiger partial charge is 0.342 e. The molecule has 1 N–H and O–H groups in total. The van der Waals surface area contributed by atoms with Gasteiger partial charge in [-0.25, -0.2) is 13.2 Å². The van der Waals surface area contributed by atoms with Crippen LogP contribution in [-0.2, 0) is 6.54 Å². The van der Waals surface area contributed by atoms with Crippen molar-refractivity contribution < 1.29 is 18.0 Å². The first-order valence-electron chi connectivity index (χ1n) is 6.24. The van der Waals surface area contributed by atoms with Crippen molar-refractivity contribution in [2.24, 2.45) is 0 Å². The van der Waals surface area contributed by atoms with Gasteiger partial charge in [-0.05, 0) is 28.4 Å². The summed E-state index contributed by atoms with van der Waals surface area (Å²) < 4.78 is 42.2. The van der Waals surface area contributed by atoms with Gasteiger partial charge in [-0.15, -0.1) is 0 Å². The summed E-state index contributed by atoms with van der Waals surface area (Å²) in [6.07, 6.45) is 2.50. The van der Waals surface area contributed by atoms with Crippen LogP contribution in [0.2, 0.25) is 0 Å². The van der Waals surface area contributed by atoms with Crippen LogP contribution in [0.5, 0.6) is 0 Å². The number of benzene rings is 1. The summed E-state index contributed by atoms with van der Waals surface area (Å²) in [5.74, 6) is -4.03. The molecule has 0 aliphatic heterocycles. The second-order valence-electron chi connectivity index (χ2n) is 4.44. The molecule has 0 aliphatic carbocycles. The Labute approximate surface area is 127 Å². The van der Waals surface area contributed by atoms with E-state index in [2.05, 4.69) is 21.2 Å². The number of aromatic nitrogens is 1. The lowest BCUT2D eigenvalue weighted by Crippen LogP contribution is -2.18. The first kappa shape index (κ1) is 15.6. The maximum atomic E-state index is 13.5. The molecule has 0 unspecified atom stereocenters. The highest BCUT2D eigenvalue weighted by Crippen LogP contribution is 2.22. The van der Waals surface area contributed by atoms with Crippen molar-refractivity contribution in [1.29, 1.82) is 0 Å². The highest BCUT2D eigenvalue weighted by Gasteiger charge is 2.18. The van der Waals surface area contributed by atoms with E-state index >= 15 is 0 Å². The summed E-state index contributed by atoms with van der Waals surface area (Å²) in [5.41, 5.74) is -0.409. The van der Waals surface area contributed by atoms with Crippen molar-refractivity contribution in [2.75, 3.05) is 5.32 Å². The Kier molecular flexibility index (Phi) is 4.72. The third-order valence-corrected chi connectivity index (χ3v) is 3.24. The molecule has 0 fully saturated rings. The molecule has 2 rings (SSSR count). The van der Waals surface area contributed by atoms with Crippen LogP contribution in [0.4, 0.5) is 18.9 Å². The second-order valence-corrected chi connectivity index (χ2v) is 5.35. The first-order chi connectivity index (χ1) is 9.92. The number of rotatable bonds is 4. The van der Waals surface area contributed by atoms with E-state index < -0.39 is 29.0 Å². The minimum absolute atomic E-state index is 0.256. The molecule has 1 heterocycles. The van der Waals surface area contributed by atoms with Crippen molar-refractivity contribution in [1.82, 2.24) is 4.57 Å². The van der Waals surface area contributed by atoms with E-state index in [0.29, 0.717) is 23.2 Å². The molecule has 1 aromatic heterocycles. The summed E-state index contributed by atoms with van der Waals surface area (Å²) in [7, 11) is 0. The van der Waals surface area contributed by atoms with Crippen molar-refractivity contribution in [2.45, 2.75) is 19.9 Å². The van der Waals surface area contributed by atoms with Crippen LogP contribution in [0.15, 0.2) is 28.9 Å². The Balaban J connectivity index is 2.30. The normalized spacial score (nSPS) is 10.7. The van der Waals surface area contributed by atoms with Crippen molar-refractivity contribution in [3.8, 4) is 0 Å². The first-order valence-corrected chi connectivity index (χ1v) is 7.03. The van der Waals surface area contributed by atoms with Gasteiger partial charge in [0.2, 0.25) is 0 Å². The number of nitrogens with zero attached hydrogens (tertiary/aromatic N) is 1. The van der Waals surface area contributed by atoms with Crippen LogP contribution in [-0.4, -0.2) is 10.5 Å². The molecular weight excluding hydrogens is 349 g/mol.